The minimum Gasteiger partial charge on any atom is -0.508 e. The topological polar surface area (TPSA) is 640 Å². The average molecular weight is 2050 g/mol. The van der Waals surface area contributed by atoms with Gasteiger partial charge in [0.15, 0.2) is 30.2 Å². The molecular weight excluding hydrogens is 1930 g/mol. The lowest BCUT2D eigenvalue weighted by molar-refractivity contribution is -0.334. The summed E-state index contributed by atoms with van der Waals surface area (Å²) in [5.41, 5.74) is 15.4. The maximum atomic E-state index is 16.8. The van der Waals surface area contributed by atoms with Crippen LogP contribution in [0.3, 0.4) is 0 Å². The molecule has 0 aliphatic carbocycles. The fourth-order valence-electron chi connectivity index (χ4n) is 17.8. The number of aliphatic hydroxyl groups excluding tert-OH is 7. The SMILES string of the molecule is CN[C@H](CC(C)O)C(=O)N[C@H]1C(=O)N[C@@H](CC(N)=O)C(=O)N[C@H]2C(=O)N[C@H]3C(=O)N[C@H](C(=O)N[C@H](C(=O)SCC(=O)NCCCNCCCCCNCCN)c4cc(O)cc(O)c4-c4cc3ccc4O)[C@H](O[C@H]3C[C@](C)(N)[C@@H](O)[C@H](C)O3)c3ccc(c(Cl)c3)Oc3cc2cc(c3O[C@@H]2O[C@H](CO)[C@@H](O)[C@H](O)[C@H]2O[C@H]2C[C@](C)(NCc3ccc(-c4ccc(Cl)cc4)cc3)[C@@H](O)[C@H](C)O2)Oc2ccc(cc2Cl)[C@H]1O. The highest BCUT2D eigenvalue weighted by atomic mass is 35.5. The van der Waals surface area contributed by atoms with Crippen molar-refractivity contribution in [1.82, 2.24) is 58.5 Å². The second-order valence-electron chi connectivity index (χ2n) is 36.5. The van der Waals surface area contributed by atoms with Crippen LogP contribution in [0.1, 0.15) is 150 Å². The second kappa shape index (κ2) is 48.3. The summed E-state index contributed by atoms with van der Waals surface area (Å²) >= 11 is 21.4. The van der Waals surface area contributed by atoms with Crippen LogP contribution in [0.4, 0.5) is 0 Å². The lowest BCUT2D eigenvalue weighted by atomic mass is 9.84. The van der Waals surface area contributed by atoms with Crippen molar-refractivity contribution in [3.05, 3.63) is 176 Å². The van der Waals surface area contributed by atoms with Crippen LogP contribution in [-0.4, -0.2) is 271 Å². The molecule has 8 aliphatic rings. The maximum absolute atomic E-state index is 16.8. The van der Waals surface area contributed by atoms with Crippen LogP contribution in [0.25, 0.3) is 22.3 Å². The summed E-state index contributed by atoms with van der Waals surface area (Å²) in [4.78, 5) is 138. The van der Waals surface area contributed by atoms with Gasteiger partial charge >= 0.3 is 0 Å². The summed E-state index contributed by atoms with van der Waals surface area (Å²) in [5, 5.41) is 148. The number of hydrogen-bond acceptors (Lipinski definition) is 34. The molecule has 15 rings (SSSR count). The Bertz CT molecular complexity index is 5690. The number of halogens is 3. The summed E-state index contributed by atoms with van der Waals surface area (Å²) in [6, 6.07) is 14.4. The number of ether oxygens (including phenoxy) is 8. The molecule has 768 valence electrons. The van der Waals surface area contributed by atoms with Crippen LogP contribution >= 0.6 is 46.6 Å². The average Bonchev–Trinajstić information content (AvgIpc) is 0.754. The van der Waals surface area contributed by atoms with Gasteiger partial charge in [-0.05, 0) is 198 Å². The zero-order chi connectivity index (χ0) is 102. The number of phenols is 3. The Balaban J connectivity index is 0.976. The number of aliphatic hydroxyl groups is 7. The van der Waals surface area contributed by atoms with Crippen molar-refractivity contribution >= 4 is 98.9 Å². The van der Waals surface area contributed by atoms with Crippen LogP contribution in [-0.2, 0) is 73.4 Å². The monoisotopic (exact) mass is 2050 g/mol. The Hall–Kier alpha value is -10.7. The number of fused-ring (bicyclic) bond motifs is 15. The second-order valence-corrected chi connectivity index (χ2v) is 38.7. The Kier molecular flexibility index (Phi) is 36.9. The molecule has 23 atom stereocenters. The molecular formula is C97H121Cl3N14O27S. The van der Waals surface area contributed by atoms with E-state index in [4.69, 9.17) is 89.9 Å². The van der Waals surface area contributed by atoms with E-state index in [1.165, 1.54) is 58.2 Å². The van der Waals surface area contributed by atoms with Gasteiger partial charge in [0.25, 0.3) is 0 Å². The summed E-state index contributed by atoms with van der Waals surface area (Å²) in [6.07, 6.45) is -21.6. The van der Waals surface area contributed by atoms with Crippen molar-refractivity contribution in [1.29, 1.82) is 0 Å². The Labute approximate surface area is 836 Å². The zero-order valence-corrected chi connectivity index (χ0v) is 81.5. The molecule has 0 spiro atoms. The Morgan fingerprint density at radius 3 is 1.87 bits per heavy atom. The lowest BCUT2D eigenvalue weighted by Crippen LogP contribution is -2.65. The first-order valence-electron chi connectivity index (χ1n) is 46.5. The normalized spacial score (nSPS) is 27.8. The van der Waals surface area contributed by atoms with Crippen LogP contribution in [0, 0.1) is 0 Å². The number of hydrogen-bond donors (Lipinski definition) is 24. The largest absolute Gasteiger partial charge is 0.508 e. The summed E-state index contributed by atoms with van der Waals surface area (Å²) in [5.74, 6) is -15.7. The number of unbranched alkanes of at least 4 members (excludes halogenated alkanes) is 2. The number of nitrogens with one attached hydrogen (secondary N) is 11. The van der Waals surface area contributed by atoms with Crippen LogP contribution in [0.2, 0.25) is 15.1 Å². The van der Waals surface area contributed by atoms with E-state index in [1.54, 1.807) is 26.0 Å². The number of thioether (sulfide) groups is 1. The predicted molar refractivity (Wildman–Crippen MR) is 518 cm³/mol. The number of aromatic hydroxyl groups is 3. The van der Waals surface area contributed by atoms with Crippen molar-refractivity contribution in [3.8, 4) is 68.2 Å². The molecule has 27 N–H and O–H groups in total. The van der Waals surface area contributed by atoms with E-state index in [1.807, 2.05) is 36.4 Å². The van der Waals surface area contributed by atoms with Crippen molar-refractivity contribution in [2.75, 3.05) is 58.7 Å². The maximum Gasteiger partial charge on any atom is 0.248 e. The molecule has 3 fully saturated rings. The number of phenolic OH excluding ortho intramolecular Hbond substituents is 3. The summed E-state index contributed by atoms with van der Waals surface area (Å²) < 4.78 is 53.4. The summed E-state index contributed by atoms with van der Waals surface area (Å²) in [7, 11) is 1.37. The van der Waals surface area contributed by atoms with Crippen LogP contribution < -0.4 is 89.9 Å². The van der Waals surface area contributed by atoms with Gasteiger partial charge in [-0.1, -0.05) is 108 Å². The van der Waals surface area contributed by atoms with E-state index >= 15 is 28.8 Å². The van der Waals surface area contributed by atoms with Crippen molar-refractivity contribution < 1.29 is 132 Å². The van der Waals surface area contributed by atoms with Crippen molar-refractivity contribution in [2.24, 2.45) is 17.2 Å². The molecule has 41 nitrogen and oxygen atoms in total. The highest BCUT2D eigenvalue weighted by molar-refractivity contribution is 8.14. The first-order valence-corrected chi connectivity index (χ1v) is 48.6. The number of amides is 8. The molecule has 1 unspecified atom stereocenters. The van der Waals surface area contributed by atoms with E-state index in [2.05, 4.69) is 58.5 Å². The van der Waals surface area contributed by atoms with E-state index < -0.39 is 289 Å². The highest BCUT2D eigenvalue weighted by Crippen LogP contribution is 2.51. The number of nitrogens with two attached hydrogens (primary N) is 3. The standard InChI is InChI=1S/C97H121Cl3N14O27S/c1-45(116)31-61(104-6)88(127)113-78-80(122)52-18-23-65(59(99)33-52)136-67-35-54-36-68(84(67)141-95-85(82(124)81(123)69(43-115)138-95)140-73-41-97(5,87(126)47(3)135-73)108-42-48-11-13-49(14-12-48)50-15-20-55(98)21-16-50)137-66-24-19-53(34-60(66)100)83(139-72-40-96(4,103)86(125)46(2)134-72)79-93(132)112-77(94(133)142-44-71(121)107-29-10-28-105-26-8-7-9-27-106-30-25-101)58-37-56(117)38-64(119)74(58)57-32-51(17-22-63(57)118)75(90(129)114-79)111-91(130)76(54)110-89(128)62(39-70(102)120)109-92(78)131/h11-24,32-38,45-47,61-62,69,72-73,75-83,85-87,95,104-106,108,115-119,122-126H,7-10,25-31,39-44,101,103H2,1-6H3,(H2,102,120)(H,107,121)(H,109,131)(H,110,128)(H,111,130)(H,112,132)(H,113,127)(H,114,129)/t45?,46-,47-,61+,62-,69+,72-,73-,75+,76+,77-,78+,79-,80+,81+,82-,83+,85+,86-,87-,95-,96-,97-/m0/s1. The molecule has 0 aromatic heterocycles. The van der Waals surface area contributed by atoms with E-state index in [0.29, 0.717) is 36.3 Å². The minimum atomic E-state index is -2.44. The van der Waals surface area contributed by atoms with Gasteiger partial charge < -0.3 is 165 Å². The molecule has 7 aromatic carbocycles. The first kappa shape index (κ1) is 109. The van der Waals surface area contributed by atoms with E-state index in [-0.39, 0.29) is 49.0 Å². The van der Waals surface area contributed by atoms with Gasteiger partial charge in [0.1, 0.15) is 95.5 Å². The quantitative estimate of drug-likeness (QED) is 0.0263. The van der Waals surface area contributed by atoms with Crippen molar-refractivity contribution in [2.45, 2.75) is 232 Å². The molecule has 0 radical (unpaired) electrons. The highest BCUT2D eigenvalue weighted by Gasteiger charge is 2.53. The molecule has 0 saturated carbocycles. The Morgan fingerprint density at radius 2 is 1.23 bits per heavy atom. The Morgan fingerprint density at radius 1 is 0.627 bits per heavy atom. The number of benzene rings is 7. The minimum absolute atomic E-state index is 0.157. The van der Waals surface area contributed by atoms with E-state index in [9.17, 15) is 65.4 Å². The number of primary amides is 1. The molecule has 45 heteroatoms. The molecule has 142 heavy (non-hydrogen) atoms. The van der Waals surface area contributed by atoms with Crippen LogP contribution in [0.15, 0.2) is 127 Å². The number of likely N-dealkylation sites (N-methyl/N-ethyl adjacent to an activating group) is 1. The van der Waals surface area contributed by atoms with Gasteiger partial charge in [0.2, 0.25) is 64.4 Å². The molecule has 8 amide bonds. The van der Waals surface area contributed by atoms with Crippen LogP contribution in [0.5, 0.6) is 46.0 Å². The third-order valence-electron chi connectivity index (χ3n) is 25.5. The third kappa shape index (κ3) is 26.5. The third-order valence-corrected chi connectivity index (χ3v) is 27.3. The molecule has 11 bridgehead atoms. The fourth-order valence-corrected chi connectivity index (χ4v) is 19.1. The van der Waals surface area contributed by atoms with E-state index in [0.717, 1.165) is 104 Å². The van der Waals surface area contributed by atoms with Crippen molar-refractivity contribution in [3.63, 3.8) is 0 Å². The summed E-state index contributed by atoms with van der Waals surface area (Å²) in [6.45, 7) is 10.3. The van der Waals surface area contributed by atoms with Gasteiger partial charge in [-0.25, -0.2) is 0 Å². The lowest BCUT2D eigenvalue weighted by Gasteiger charge is -2.48. The van der Waals surface area contributed by atoms with Gasteiger partial charge in [0.05, 0.1) is 65.4 Å². The molecule has 8 aliphatic heterocycles. The predicted octanol–water partition coefficient (Wildman–Crippen LogP) is 3.21. The number of rotatable bonds is 33. The number of carbonyl (C=O) groups excluding carboxylic acids is 9. The van der Waals surface area contributed by atoms with Gasteiger partial charge in [-0.2, -0.15) is 0 Å². The molecule has 7 aromatic rings. The molecule has 8 heterocycles. The fraction of sp³-hybridized carbons (Fsp3) is 0.474. The van der Waals surface area contributed by atoms with Gasteiger partial charge in [-0.3, -0.25) is 43.2 Å². The number of carbonyl (C=O) groups is 9. The molecule has 3 saturated heterocycles. The van der Waals surface area contributed by atoms with Gasteiger partial charge in [0, 0.05) is 72.3 Å². The zero-order valence-electron chi connectivity index (χ0n) is 78.5. The van der Waals surface area contributed by atoms with Gasteiger partial charge in [-0.15, -0.1) is 0 Å². The smallest absolute Gasteiger partial charge is 0.248 e. The first-order chi connectivity index (χ1) is 67.6.